The Hall–Kier alpha value is -1.21. The molecule has 6 nitrogen and oxygen atoms in total. The van der Waals surface area contributed by atoms with Crippen LogP contribution in [0.4, 0.5) is 5.82 Å². The zero-order valence-corrected chi connectivity index (χ0v) is 12.8. The topological polar surface area (TPSA) is 72.4 Å². The van der Waals surface area contributed by atoms with E-state index in [2.05, 4.69) is 9.97 Å². The lowest BCUT2D eigenvalue weighted by Crippen LogP contribution is -2.35. The molecule has 0 amide bonds. The number of nitrogens with zero attached hydrogens (tertiary/aromatic N) is 3. The quantitative estimate of drug-likeness (QED) is 0.827. The lowest BCUT2D eigenvalue weighted by molar-refractivity contribution is 0.178. The summed E-state index contributed by atoms with van der Waals surface area (Å²) in [5.41, 5.74) is 0. The third-order valence-corrected chi connectivity index (χ3v) is 5.12. The van der Waals surface area contributed by atoms with Crippen LogP contribution in [0.3, 0.4) is 0 Å². The number of aromatic nitrogens is 2. The smallest absolute Gasteiger partial charge is 0.156 e. The molecule has 7 heteroatoms. The van der Waals surface area contributed by atoms with Crippen molar-refractivity contribution < 1.29 is 13.2 Å². The van der Waals surface area contributed by atoms with Crippen molar-refractivity contribution in [3.63, 3.8) is 0 Å². The molecule has 2 rings (SSSR count). The third kappa shape index (κ3) is 3.89. The van der Waals surface area contributed by atoms with Gasteiger partial charge in [-0.15, -0.1) is 0 Å². The molecular weight excluding hydrogens is 278 g/mol. The molecule has 1 aromatic rings. The van der Waals surface area contributed by atoms with E-state index < -0.39 is 9.84 Å². The van der Waals surface area contributed by atoms with E-state index in [9.17, 15) is 8.42 Å². The molecule has 0 saturated carbocycles. The third-order valence-electron chi connectivity index (χ3n) is 3.52. The van der Waals surface area contributed by atoms with Gasteiger partial charge in [-0.25, -0.2) is 18.4 Å². The summed E-state index contributed by atoms with van der Waals surface area (Å²) in [5, 5.41) is -0.314. The van der Waals surface area contributed by atoms with Gasteiger partial charge in [0, 0.05) is 32.7 Å². The van der Waals surface area contributed by atoms with Gasteiger partial charge in [0.25, 0.3) is 0 Å². The fraction of sp³-hybridized carbons (Fsp3) is 0.692. The van der Waals surface area contributed by atoms with Crippen LogP contribution >= 0.6 is 0 Å². The molecule has 0 N–H and O–H groups in total. The number of hydrogen-bond donors (Lipinski definition) is 0. The van der Waals surface area contributed by atoms with E-state index in [1.165, 1.54) is 6.26 Å². The summed E-state index contributed by atoms with van der Waals surface area (Å²) in [6, 6.07) is 1.82. The molecule has 2 heterocycles. The normalized spacial score (nSPS) is 20.7. The van der Waals surface area contributed by atoms with Crippen LogP contribution in [-0.2, 0) is 21.2 Å². The fourth-order valence-electron chi connectivity index (χ4n) is 2.42. The van der Waals surface area contributed by atoms with E-state index in [-0.39, 0.29) is 5.25 Å². The second-order valence-electron chi connectivity index (χ2n) is 5.16. The van der Waals surface area contributed by atoms with Gasteiger partial charge in [0.15, 0.2) is 15.7 Å². The molecule has 0 bridgehead atoms. The van der Waals surface area contributed by atoms with E-state index in [1.54, 1.807) is 13.3 Å². The van der Waals surface area contributed by atoms with Crippen LogP contribution in [0.1, 0.15) is 25.1 Å². The Morgan fingerprint density at radius 3 is 2.95 bits per heavy atom. The molecular formula is C13H21N3O3S. The summed E-state index contributed by atoms with van der Waals surface area (Å²) in [5.74, 6) is 1.40. The second-order valence-corrected chi connectivity index (χ2v) is 7.48. The molecule has 1 atom stereocenters. The number of methoxy groups -OCH3 is 1. The average molecular weight is 299 g/mol. The van der Waals surface area contributed by atoms with Gasteiger partial charge in [-0.1, -0.05) is 6.42 Å². The number of anilines is 1. The maximum atomic E-state index is 11.8. The number of sulfone groups is 1. The molecule has 1 fully saturated rings. The summed E-state index contributed by atoms with van der Waals surface area (Å²) in [4.78, 5) is 10.6. The van der Waals surface area contributed by atoms with Gasteiger partial charge >= 0.3 is 0 Å². The van der Waals surface area contributed by atoms with E-state index in [0.29, 0.717) is 19.0 Å². The number of hydrogen-bond acceptors (Lipinski definition) is 6. The lowest BCUT2D eigenvalue weighted by Gasteiger charge is -2.24. The standard InChI is InChI=1S/C13H21N3O3S/c1-19-10-12-14-7-6-13(15-12)16-8-4-3-5-11(9-16)20(2,17)18/h6-7,11H,3-5,8-10H2,1-2H3. The minimum atomic E-state index is -3.02. The highest BCUT2D eigenvalue weighted by molar-refractivity contribution is 7.91. The van der Waals surface area contributed by atoms with Crippen molar-refractivity contribution in [3.8, 4) is 0 Å². The summed E-state index contributed by atoms with van der Waals surface area (Å²) in [6.07, 6.45) is 5.65. The van der Waals surface area contributed by atoms with Crippen molar-refractivity contribution in [3.05, 3.63) is 18.1 Å². The van der Waals surface area contributed by atoms with Crippen LogP contribution in [-0.4, -0.2) is 50.1 Å². The van der Waals surface area contributed by atoms with Gasteiger partial charge < -0.3 is 9.64 Å². The van der Waals surface area contributed by atoms with Crippen LogP contribution in [0.15, 0.2) is 12.3 Å². The molecule has 0 spiro atoms. The highest BCUT2D eigenvalue weighted by Gasteiger charge is 2.26. The summed E-state index contributed by atoms with van der Waals surface area (Å²) < 4.78 is 28.6. The molecule has 1 aliphatic heterocycles. The lowest BCUT2D eigenvalue weighted by atomic mass is 10.2. The summed E-state index contributed by atoms with van der Waals surface area (Å²) in [6.45, 7) is 1.69. The van der Waals surface area contributed by atoms with Crippen LogP contribution < -0.4 is 4.90 Å². The van der Waals surface area contributed by atoms with Crippen molar-refractivity contribution in [2.24, 2.45) is 0 Å². The van der Waals surface area contributed by atoms with Gasteiger partial charge in [-0.3, -0.25) is 0 Å². The zero-order valence-electron chi connectivity index (χ0n) is 11.9. The van der Waals surface area contributed by atoms with E-state index in [4.69, 9.17) is 4.74 Å². The van der Waals surface area contributed by atoms with Gasteiger partial charge in [0.1, 0.15) is 12.4 Å². The maximum absolute atomic E-state index is 11.8. The Balaban J connectivity index is 2.19. The highest BCUT2D eigenvalue weighted by atomic mass is 32.2. The number of ether oxygens (including phenoxy) is 1. The van der Waals surface area contributed by atoms with Crippen LogP contribution in [0.25, 0.3) is 0 Å². The predicted molar refractivity (Wildman–Crippen MR) is 77.4 cm³/mol. The van der Waals surface area contributed by atoms with Gasteiger partial charge in [0.05, 0.1) is 5.25 Å². The van der Waals surface area contributed by atoms with Gasteiger partial charge in [0.2, 0.25) is 0 Å². The highest BCUT2D eigenvalue weighted by Crippen LogP contribution is 2.21. The minimum absolute atomic E-state index is 0.314. The Morgan fingerprint density at radius 2 is 2.25 bits per heavy atom. The predicted octanol–water partition coefficient (Wildman–Crippen LogP) is 1.03. The maximum Gasteiger partial charge on any atom is 0.156 e. The molecule has 1 saturated heterocycles. The summed E-state index contributed by atoms with van der Waals surface area (Å²) in [7, 11) is -1.42. The van der Waals surface area contributed by atoms with E-state index in [0.717, 1.165) is 31.6 Å². The van der Waals surface area contributed by atoms with Gasteiger partial charge in [-0.2, -0.15) is 0 Å². The molecule has 1 aromatic heterocycles. The molecule has 0 aliphatic carbocycles. The largest absolute Gasteiger partial charge is 0.377 e. The van der Waals surface area contributed by atoms with Crippen molar-refractivity contribution in [1.82, 2.24) is 9.97 Å². The Labute approximate surface area is 120 Å². The summed E-state index contributed by atoms with van der Waals surface area (Å²) >= 11 is 0. The van der Waals surface area contributed by atoms with Crippen LogP contribution in [0, 0.1) is 0 Å². The van der Waals surface area contributed by atoms with Crippen molar-refractivity contribution in [2.75, 3.05) is 31.4 Å². The average Bonchev–Trinajstić information content (AvgIpc) is 2.65. The van der Waals surface area contributed by atoms with E-state index >= 15 is 0 Å². The zero-order chi connectivity index (χ0) is 14.6. The van der Waals surface area contributed by atoms with Crippen LogP contribution in [0.5, 0.6) is 0 Å². The first-order chi connectivity index (χ1) is 9.50. The number of rotatable bonds is 4. The fourth-order valence-corrected chi connectivity index (χ4v) is 3.47. The second kappa shape index (κ2) is 6.49. The van der Waals surface area contributed by atoms with Crippen molar-refractivity contribution in [1.29, 1.82) is 0 Å². The van der Waals surface area contributed by atoms with Gasteiger partial charge in [-0.05, 0) is 18.9 Å². The van der Waals surface area contributed by atoms with E-state index in [1.807, 2.05) is 11.0 Å². The monoisotopic (exact) mass is 299 g/mol. The Kier molecular flexibility index (Phi) is 4.93. The molecule has 1 unspecified atom stereocenters. The first kappa shape index (κ1) is 15.2. The first-order valence-corrected chi connectivity index (χ1v) is 8.71. The SMILES string of the molecule is COCc1nccc(N2CCCCC(S(C)(=O)=O)C2)n1. The van der Waals surface area contributed by atoms with Crippen molar-refractivity contribution >= 4 is 15.7 Å². The minimum Gasteiger partial charge on any atom is -0.377 e. The molecule has 112 valence electrons. The van der Waals surface area contributed by atoms with Crippen LogP contribution in [0.2, 0.25) is 0 Å². The Bertz CT molecular complexity index is 548. The molecule has 0 radical (unpaired) electrons. The van der Waals surface area contributed by atoms with Crippen molar-refractivity contribution in [2.45, 2.75) is 31.1 Å². The first-order valence-electron chi connectivity index (χ1n) is 6.75. The molecule has 1 aliphatic rings. The Morgan fingerprint density at radius 1 is 1.45 bits per heavy atom. The molecule has 0 aromatic carbocycles. The molecule has 20 heavy (non-hydrogen) atoms.